The van der Waals surface area contributed by atoms with E-state index in [1.54, 1.807) is 0 Å². The monoisotopic (exact) mass is 252 g/mol. The fourth-order valence-electron chi connectivity index (χ4n) is 2.78. The molecule has 0 bridgehead atoms. The average molecular weight is 252 g/mol. The lowest BCUT2D eigenvalue weighted by molar-refractivity contribution is 0.130. The minimum absolute atomic E-state index is 0.578. The van der Waals surface area contributed by atoms with E-state index in [1.165, 1.54) is 42.1 Å². The van der Waals surface area contributed by atoms with Crippen molar-refractivity contribution in [3.05, 3.63) is 21.9 Å². The van der Waals surface area contributed by atoms with E-state index in [0.29, 0.717) is 6.04 Å². The lowest BCUT2D eigenvalue weighted by Crippen LogP contribution is -2.37. The molecular formula is C14H24N2S. The zero-order chi connectivity index (χ0) is 12.3. The Kier molecular flexibility index (Phi) is 4.60. The predicted octanol–water partition coefficient (Wildman–Crippen LogP) is 3.18. The van der Waals surface area contributed by atoms with Crippen molar-refractivity contribution >= 4 is 11.3 Å². The number of hydrogen-bond acceptors (Lipinski definition) is 3. The second-order valence-electron chi connectivity index (χ2n) is 5.20. The molecule has 0 amide bonds. The van der Waals surface area contributed by atoms with E-state index >= 15 is 0 Å². The Balaban J connectivity index is 1.97. The van der Waals surface area contributed by atoms with E-state index in [-0.39, 0.29) is 0 Å². The third-order valence-corrected chi connectivity index (χ3v) is 5.02. The Hall–Kier alpha value is -0.380. The quantitative estimate of drug-likeness (QED) is 0.892. The summed E-state index contributed by atoms with van der Waals surface area (Å²) in [7, 11) is 0. The number of aryl methyl sites for hydroxylation is 1. The highest BCUT2D eigenvalue weighted by Crippen LogP contribution is 2.31. The molecule has 17 heavy (non-hydrogen) atoms. The van der Waals surface area contributed by atoms with Crippen molar-refractivity contribution < 1.29 is 0 Å². The van der Waals surface area contributed by atoms with E-state index in [0.717, 1.165) is 12.5 Å². The molecule has 0 saturated carbocycles. The van der Waals surface area contributed by atoms with Gasteiger partial charge in [0.15, 0.2) is 0 Å². The van der Waals surface area contributed by atoms with Crippen LogP contribution in [0.15, 0.2) is 12.1 Å². The summed E-state index contributed by atoms with van der Waals surface area (Å²) < 4.78 is 0. The molecule has 1 saturated heterocycles. The Labute approximate surface area is 109 Å². The van der Waals surface area contributed by atoms with Gasteiger partial charge in [0.05, 0.1) is 0 Å². The lowest BCUT2D eigenvalue weighted by atomic mass is 9.94. The maximum absolute atomic E-state index is 5.68. The average Bonchev–Trinajstić information content (AvgIpc) is 2.76. The normalized spacial score (nSPS) is 23.8. The van der Waals surface area contributed by atoms with Crippen LogP contribution in [0.3, 0.4) is 0 Å². The van der Waals surface area contributed by atoms with Crippen LogP contribution in [0.1, 0.15) is 42.0 Å². The zero-order valence-corrected chi connectivity index (χ0v) is 11.8. The first kappa shape index (κ1) is 13.1. The Morgan fingerprint density at radius 3 is 3.00 bits per heavy atom. The number of likely N-dealkylation sites (tertiary alicyclic amines) is 1. The van der Waals surface area contributed by atoms with Gasteiger partial charge in [-0.1, -0.05) is 0 Å². The van der Waals surface area contributed by atoms with Gasteiger partial charge in [-0.25, -0.2) is 0 Å². The van der Waals surface area contributed by atoms with Gasteiger partial charge in [0, 0.05) is 22.3 Å². The second-order valence-corrected chi connectivity index (χ2v) is 6.52. The first-order chi connectivity index (χ1) is 8.20. The molecule has 96 valence electrons. The molecule has 2 atom stereocenters. The largest absolute Gasteiger partial charge is 0.330 e. The fraction of sp³-hybridized carbons (Fsp3) is 0.714. The summed E-state index contributed by atoms with van der Waals surface area (Å²) >= 11 is 1.94. The van der Waals surface area contributed by atoms with Gasteiger partial charge >= 0.3 is 0 Å². The van der Waals surface area contributed by atoms with Crippen LogP contribution < -0.4 is 5.73 Å². The van der Waals surface area contributed by atoms with E-state index in [1.807, 2.05) is 11.3 Å². The molecule has 1 aromatic rings. The van der Waals surface area contributed by atoms with Gasteiger partial charge in [-0.3, -0.25) is 4.90 Å². The van der Waals surface area contributed by atoms with Crippen molar-refractivity contribution in [3.63, 3.8) is 0 Å². The summed E-state index contributed by atoms with van der Waals surface area (Å²) in [4.78, 5) is 5.56. The van der Waals surface area contributed by atoms with Gasteiger partial charge < -0.3 is 5.73 Å². The van der Waals surface area contributed by atoms with Crippen molar-refractivity contribution in [3.8, 4) is 0 Å². The van der Waals surface area contributed by atoms with Crippen LogP contribution in [-0.2, 0) is 0 Å². The van der Waals surface area contributed by atoms with Crippen LogP contribution in [0.5, 0.6) is 0 Å². The molecule has 0 spiro atoms. The van der Waals surface area contributed by atoms with E-state index in [9.17, 15) is 0 Å². The third kappa shape index (κ3) is 3.30. The molecule has 0 aromatic carbocycles. The number of thiophene rings is 1. The first-order valence-corrected chi connectivity index (χ1v) is 7.53. The maximum atomic E-state index is 5.68. The highest BCUT2D eigenvalue weighted by Gasteiger charge is 2.24. The third-order valence-electron chi connectivity index (χ3n) is 3.85. The summed E-state index contributed by atoms with van der Waals surface area (Å²) in [6, 6.07) is 5.10. The van der Waals surface area contributed by atoms with E-state index in [4.69, 9.17) is 5.73 Å². The van der Waals surface area contributed by atoms with Gasteiger partial charge in [-0.2, -0.15) is 0 Å². The lowest BCUT2D eigenvalue weighted by Gasteiger charge is -2.36. The molecule has 1 aliphatic heterocycles. The molecule has 2 unspecified atom stereocenters. The van der Waals surface area contributed by atoms with Crippen LogP contribution in [-0.4, -0.2) is 24.5 Å². The topological polar surface area (TPSA) is 29.3 Å². The number of nitrogens with zero attached hydrogens (tertiary/aromatic N) is 1. The van der Waals surface area contributed by atoms with Gasteiger partial charge in [-0.05, 0) is 64.3 Å². The first-order valence-electron chi connectivity index (χ1n) is 6.71. The molecular weight excluding hydrogens is 228 g/mol. The van der Waals surface area contributed by atoms with Crippen LogP contribution in [0, 0.1) is 12.8 Å². The van der Waals surface area contributed by atoms with Crippen LogP contribution in [0.25, 0.3) is 0 Å². The molecule has 3 heteroatoms. The standard InChI is InChI=1S/C14H24N2S/c1-11-5-6-14(17-11)12(2)16-9-3-4-13(10-16)7-8-15/h5-6,12-13H,3-4,7-10,15H2,1-2H3. The number of nitrogens with two attached hydrogens (primary N) is 1. The maximum Gasteiger partial charge on any atom is 0.0413 e. The molecule has 1 aliphatic rings. The molecule has 2 N–H and O–H groups in total. The van der Waals surface area contributed by atoms with Crippen molar-refractivity contribution in [1.82, 2.24) is 4.90 Å². The summed E-state index contributed by atoms with van der Waals surface area (Å²) in [6.45, 7) is 7.85. The Bertz CT molecular complexity index is 346. The zero-order valence-electron chi connectivity index (χ0n) is 11.0. The summed E-state index contributed by atoms with van der Waals surface area (Å²) in [5, 5.41) is 0. The highest BCUT2D eigenvalue weighted by molar-refractivity contribution is 7.12. The molecule has 1 fully saturated rings. The fourth-order valence-corrected chi connectivity index (χ4v) is 3.74. The minimum atomic E-state index is 0.578. The number of hydrogen-bond donors (Lipinski definition) is 1. The summed E-state index contributed by atoms with van der Waals surface area (Å²) in [6.07, 6.45) is 3.88. The number of rotatable bonds is 4. The van der Waals surface area contributed by atoms with Crippen molar-refractivity contribution in [1.29, 1.82) is 0 Å². The Morgan fingerprint density at radius 1 is 1.53 bits per heavy atom. The van der Waals surface area contributed by atoms with Gasteiger partial charge in [-0.15, -0.1) is 11.3 Å². The van der Waals surface area contributed by atoms with E-state index < -0.39 is 0 Å². The smallest absolute Gasteiger partial charge is 0.0413 e. The van der Waals surface area contributed by atoms with Crippen molar-refractivity contribution in [2.75, 3.05) is 19.6 Å². The van der Waals surface area contributed by atoms with E-state index in [2.05, 4.69) is 30.9 Å². The van der Waals surface area contributed by atoms with Crippen molar-refractivity contribution in [2.24, 2.45) is 11.7 Å². The summed E-state index contributed by atoms with van der Waals surface area (Å²) in [5.74, 6) is 0.817. The molecule has 2 nitrogen and oxygen atoms in total. The Morgan fingerprint density at radius 2 is 2.35 bits per heavy atom. The van der Waals surface area contributed by atoms with Crippen LogP contribution in [0.4, 0.5) is 0 Å². The van der Waals surface area contributed by atoms with Crippen LogP contribution >= 0.6 is 11.3 Å². The molecule has 1 aromatic heterocycles. The highest BCUT2D eigenvalue weighted by atomic mass is 32.1. The SMILES string of the molecule is Cc1ccc(C(C)N2CCCC(CCN)C2)s1. The second kappa shape index (κ2) is 5.98. The molecule has 0 radical (unpaired) electrons. The van der Waals surface area contributed by atoms with Crippen LogP contribution in [0.2, 0.25) is 0 Å². The van der Waals surface area contributed by atoms with Crippen molar-refractivity contribution in [2.45, 2.75) is 39.2 Å². The minimum Gasteiger partial charge on any atom is -0.330 e. The number of piperidine rings is 1. The molecule has 0 aliphatic carbocycles. The van der Waals surface area contributed by atoms with Gasteiger partial charge in [0.2, 0.25) is 0 Å². The molecule has 2 rings (SSSR count). The van der Waals surface area contributed by atoms with Gasteiger partial charge in [0.25, 0.3) is 0 Å². The van der Waals surface area contributed by atoms with Gasteiger partial charge in [0.1, 0.15) is 0 Å². The predicted molar refractivity (Wildman–Crippen MR) is 75.4 cm³/mol. The molecule has 2 heterocycles. The summed E-state index contributed by atoms with van der Waals surface area (Å²) in [5.41, 5.74) is 5.68.